The maximum atomic E-state index is 11.2. The van der Waals surface area contributed by atoms with Gasteiger partial charge in [-0.25, -0.2) is 0 Å². The molecule has 0 atom stereocenters. The minimum atomic E-state index is -0.0231. The van der Waals surface area contributed by atoms with Crippen LogP contribution in [0.5, 0.6) is 0 Å². The van der Waals surface area contributed by atoms with Gasteiger partial charge in [0.25, 0.3) is 0 Å². The third kappa shape index (κ3) is 3.28. The molecule has 0 aromatic heterocycles. The van der Waals surface area contributed by atoms with Gasteiger partial charge in [0, 0.05) is 5.41 Å². The van der Waals surface area contributed by atoms with E-state index in [1.807, 2.05) is 0 Å². The zero-order chi connectivity index (χ0) is 10.4. The summed E-state index contributed by atoms with van der Waals surface area (Å²) in [5, 5.41) is 0. The van der Waals surface area contributed by atoms with E-state index in [9.17, 15) is 4.79 Å². The van der Waals surface area contributed by atoms with E-state index < -0.39 is 0 Å². The van der Waals surface area contributed by atoms with E-state index in [4.69, 9.17) is 0 Å². The Morgan fingerprint density at radius 3 is 2.50 bits per heavy atom. The van der Waals surface area contributed by atoms with Crippen molar-refractivity contribution in [3.05, 3.63) is 12.2 Å². The molecule has 1 rings (SSSR count). The molecule has 0 bridgehead atoms. The topological polar surface area (TPSA) is 17.1 Å². The molecule has 1 fully saturated rings. The Bertz CT molecular complexity index is 211. The number of rotatable bonds is 7. The van der Waals surface area contributed by atoms with Gasteiger partial charge in [-0.3, -0.25) is 4.79 Å². The number of ketones is 1. The van der Waals surface area contributed by atoms with Gasteiger partial charge in [-0.05, 0) is 32.6 Å². The summed E-state index contributed by atoms with van der Waals surface area (Å²) >= 11 is 0. The molecule has 0 spiro atoms. The van der Waals surface area contributed by atoms with Crippen molar-refractivity contribution in [1.82, 2.24) is 0 Å². The Balaban J connectivity index is 2.12. The fourth-order valence-electron chi connectivity index (χ4n) is 1.77. The summed E-state index contributed by atoms with van der Waals surface area (Å²) in [4.78, 5) is 11.2. The fourth-order valence-corrected chi connectivity index (χ4v) is 1.77. The molecule has 0 radical (unpaired) electrons. The van der Waals surface area contributed by atoms with Crippen LogP contribution in [0.25, 0.3) is 0 Å². The lowest BCUT2D eigenvalue weighted by molar-refractivity contribution is -0.120. The second-order valence-corrected chi connectivity index (χ2v) is 4.46. The lowest BCUT2D eigenvalue weighted by Crippen LogP contribution is -2.07. The summed E-state index contributed by atoms with van der Waals surface area (Å²) in [5.74, 6) is 0.349. The predicted molar refractivity (Wildman–Crippen MR) is 60.2 cm³/mol. The highest BCUT2D eigenvalue weighted by atomic mass is 16.1. The van der Waals surface area contributed by atoms with Crippen LogP contribution in [0.15, 0.2) is 12.2 Å². The van der Waals surface area contributed by atoms with E-state index >= 15 is 0 Å². The summed E-state index contributed by atoms with van der Waals surface area (Å²) in [6.07, 6.45) is 12.9. The molecule has 0 saturated heterocycles. The van der Waals surface area contributed by atoms with E-state index in [1.54, 1.807) is 6.92 Å². The molecule has 0 amide bonds. The van der Waals surface area contributed by atoms with Crippen LogP contribution in [0.4, 0.5) is 0 Å². The van der Waals surface area contributed by atoms with Crippen LogP contribution in [0, 0.1) is 5.41 Å². The van der Waals surface area contributed by atoms with Crippen molar-refractivity contribution >= 4 is 5.78 Å². The van der Waals surface area contributed by atoms with E-state index in [0.717, 1.165) is 19.3 Å². The lowest BCUT2D eigenvalue weighted by Gasteiger charge is -2.02. The predicted octanol–water partition coefficient (Wildman–Crippen LogP) is 3.88. The molecule has 14 heavy (non-hydrogen) atoms. The van der Waals surface area contributed by atoms with Crippen molar-refractivity contribution in [3.8, 4) is 0 Å². The highest BCUT2D eigenvalue weighted by Crippen LogP contribution is 2.47. The molecule has 1 saturated carbocycles. The number of carbonyl (C=O) groups is 1. The summed E-state index contributed by atoms with van der Waals surface area (Å²) in [6.45, 7) is 3.94. The SMILES string of the molecule is CCCCCC/C=C/C1(C(C)=O)CC1. The highest BCUT2D eigenvalue weighted by Gasteiger charge is 2.44. The van der Waals surface area contributed by atoms with Crippen LogP contribution in [0.1, 0.15) is 58.8 Å². The maximum Gasteiger partial charge on any atom is 0.139 e. The third-order valence-electron chi connectivity index (χ3n) is 3.15. The quantitative estimate of drug-likeness (QED) is 0.444. The van der Waals surface area contributed by atoms with Crippen molar-refractivity contribution in [2.75, 3.05) is 0 Å². The van der Waals surface area contributed by atoms with Crippen LogP contribution in [-0.2, 0) is 4.79 Å². The number of unbranched alkanes of at least 4 members (excludes halogenated alkanes) is 4. The molecule has 0 aromatic carbocycles. The molecule has 80 valence electrons. The zero-order valence-electron chi connectivity index (χ0n) is 9.51. The van der Waals surface area contributed by atoms with Crippen LogP contribution in [0.3, 0.4) is 0 Å². The van der Waals surface area contributed by atoms with Crippen LogP contribution >= 0.6 is 0 Å². The van der Waals surface area contributed by atoms with Gasteiger partial charge < -0.3 is 0 Å². The molecular weight excluding hydrogens is 172 g/mol. The maximum absolute atomic E-state index is 11.2. The first-order chi connectivity index (χ1) is 6.71. The van der Waals surface area contributed by atoms with E-state index in [2.05, 4.69) is 19.1 Å². The minimum Gasteiger partial charge on any atom is -0.299 e. The summed E-state index contributed by atoms with van der Waals surface area (Å²) in [5.41, 5.74) is -0.0231. The Morgan fingerprint density at radius 2 is 2.00 bits per heavy atom. The first kappa shape index (κ1) is 11.5. The highest BCUT2D eigenvalue weighted by molar-refractivity contribution is 5.87. The van der Waals surface area contributed by atoms with Gasteiger partial charge >= 0.3 is 0 Å². The standard InChI is InChI=1S/C13H22O/c1-3-4-5-6-7-8-9-13(10-11-13)12(2)14/h8-9H,3-7,10-11H2,1-2H3/b9-8+. The average Bonchev–Trinajstić information content (AvgIpc) is 2.92. The molecule has 0 aliphatic heterocycles. The normalized spacial score (nSPS) is 18.7. The Labute approximate surface area is 87.6 Å². The zero-order valence-corrected chi connectivity index (χ0v) is 9.51. The van der Waals surface area contributed by atoms with E-state index in [0.29, 0.717) is 5.78 Å². The van der Waals surface area contributed by atoms with Gasteiger partial charge in [0.1, 0.15) is 5.78 Å². The molecule has 1 heteroatoms. The summed E-state index contributed by atoms with van der Waals surface area (Å²) in [7, 11) is 0. The number of hydrogen-bond acceptors (Lipinski definition) is 1. The minimum absolute atomic E-state index is 0.0231. The Kier molecular flexibility index (Phi) is 4.37. The molecule has 0 N–H and O–H groups in total. The summed E-state index contributed by atoms with van der Waals surface area (Å²) < 4.78 is 0. The van der Waals surface area contributed by atoms with Crippen LogP contribution < -0.4 is 0 Å². The molecule has 0 aromatic rings. The van der Waals surface area contributed by atoms with Crippen molar-refractivity contribution in [2.24, 2.45) is 5.41 Å². The van der Waals surface area contributed by atoms with Crippen molar-refractivity contribution in [3.63, 3.8) is 0 Å². The van der Waals surface area contributed by atoms with Gasteiger partial charge in [-0.15, -0.1) is 0 Å². The monoisotopic (exact) mass is 194 g/mol. The van der Waals surface area contributed by atoms with Crippen molar-refractivity contribution in [2.45, 2.75) is 58.8 Å². The first-order valence-electron chi connectivity index (χ1n) is 5.90. The van der Waals surface area contributed by atoms with Gasteiger partial charge in [0.05, 0.1) is 0 Å². The van der Waals surface area contributed by atoms with Crippen molar-refractivity contribution < 1.29 is 4.79 Å². The molecule has 1 aliphatic carbocycles. The largest absolute Gasteiger partial charge is 0.299 e. The fraction of sp³-hybridized carbons (Fsp3) is 0.769. The number of Topliss-reactive ketones (excluding diaryl/α,β-unsaturated/α-hetero) is 1. The Morgan fingerprint density at radius 1 is 1.29 bits per heavy atom. The third-order valence-corrected chi connectivity index (χ3v) is 3.15. The molecule has 1 nitrogen and oxygen atoms in total. The number of hydrogen-bond donors (Lipinski definition) is 0. The van der Waals surface area contributed by atoms with Gasteiger partial charge in [-0.2, -0.15) is 0 Å². The average molecular weight is 194 g/mol. The van der Waals surface area contributed by atoms with Crippen LogP contribution in [0.2, 0.25) is 0 Å². The van der Waals surface area contributed by atoms with Crippen molar-refractivity contribution in [1.29, 1.82) is 0 Å². The lowest BCUT2D eigenvalue weighted by atomic mass is 10.0. The molecule has 0 heterocycles. The molecule has 1 aliphatic rings. The first-order valence-corrected chi connectivity index (χ1v) is 5.90. The second kappa shape index (κ2) is 5.33. The van der Waals surface area contributed by atoms with E-state index in [1.165, 1.54) is 25.7 Å². The molecular formula is C13H22O. The van der Waals surface area contributed by atoms with Gasteiger partial charge in [-0.1, -0.05) is 38.3 Å². The second-order valence-electron chi connectivity index (χ2n) is 4.46. The summed E-state index contributed by atoms with van der Waals surface area (Å²) in [6, 6.07) is 0. The van der Waals surface area contributed by atoms with Crippen LogP contribution in [-0.4, -0.2) is 5.78 Å². The van der Waals surface area contributed by atoms with Gasteiger partial charge in [0.2, 0.25) is 0 Å². The Hall–Kier alpha value is -0.590. The number of carbonyl (C=O) groups excluding carboxylic acids is 1. The smallest absolute Gasteiger partial charge is 0.139 e. The number of allylic oxidation sites excluding steroid dienone is 2. The van der Waals surface area contributed by atoms with Gasteiger partial charge in [0.15, 0.2) is 0 Å². The molecule has 0 unspecified atom stereocenters. The van der Waals surface area contributed by atoms with E-state index in [-0.39, 0.29) is 5.41 Å².